The molecule has 2 aliphatic rings. The summed E-state index contributed by atoms with van der Waals surface area (Å²) in [6.45, 7) is 4.96. The van der Waals surface area contributed by atoms with E-state index in [1.165, 1.54) is 6.42 Å². The largest absolute Gasteiger partial charge is 0.480 e. The first-order chi connectivity index (χ1) is 9.69. The number of aliphatic carboxylic acids is 1. The maximum atomic E-state index is 10.5. The van der Waals surface area contributed by atoms with E-state index in [0.717, 1.165) is 51.8 Å². The molecule has 0 aromatic carbocycles. The Kier molecular flexibility index (Phi) is 6.26. The molecule has 2 saturated heterocycles. The van der Waals surface area contributed by atoms with Crippen LogP contribution in [0.3, 0.4) is 0 Å². The minimum atomic E-state index is -0.876. The molecule has 5 nitrogen and oxygen atoms in total. The topological polar surface area (TPSA) is 59.0 Å². The number of carboxylic acids is 1. The second-order valence-corrected chi connectivity index (χ2v) is 5.90. The highest BCUT2D eigenvalue weighted by atomic mass is 16.5. The van der Waals surface area contributed by atoms with E-state index in [4.69, 9.17) is 14.6 Å². The van der Waals surface area contributed by atoms with Gasteiger partial charge in [0, 0.05) is 25.7 Å². The molecule has 0 saturated carbocycles. The molecule has 5 heteroatoms. The Hall–Kier alpha value is -0.650. The van der Waals surface area contributed by atoms with Gasteiger partial charge >= 0.3 is 5.97 Å². The molecule has 2 rings (SSSR count). The van der Waals surface area contributed by atoms with Crippen LogP contribution in [0.4, 0.5) is 0 Å². The van der Waals surface area contributed by atoms with E-state index in [1.807, 2.05) is 0 Å². The van der Waals surface area contributed by atoms with Gasteiger partial charge in [0.1, 0.15) is 6.61 Å². The molecule has 2 unspecified atom stereocenters. The van der Waals surface area contributed by atoms with Crippen LogP contribution < -0.4 is 0 Å². The first-order valence-corrected chi connectivity index (χ1v) is 7.88. The summed E-state index contributed by atoms with van der Waals surface area (Å²) in [6.07, 6.45) is 7.06. The predicted molar refractivity (Wildman–Crippen MR) is 75.9 cm³/mol. The van der Waals surface area contributed by atoms with Gasteiger partial charge in [-0.25, -0.2) is 4.79 Å². The summed E-state index contributed by atoms with van der Waals surface area (Å²) in [5, 5.41) is 8.63. The van der Waals surface area contributed by atoms with Gasteiger partial charge in [-0.1, -0.05) is 13.3 Å². The van der Waals surface area contributed by atoms with E-state index >= 15 is 0 Å². The number of likely N-dealkylation sites (tertiary alicyclic amines) is 1. The number of ether oxygens (including phenoxy) is 2. The van der Waals surface area contributed by atoms with Gasteiger partial charge in [-0.05, 0) is 32.1 Å². The molecule has 0 bridgehead atoms. The summed E-state index contributed by atoms with van der Waals surface area (Å²) in [6, 6.07) is 0.640. The Balaban J connectivity index is 1.71. The van der Waals surface area contributed by atoms with Crippen molar-refractivity contribution in [3.05, 3.63) is 0 Å². The number of carbonyl (C=O) groups is 1. The van der Waals surface area contributed by atoms with Crippen LogP contribution in [0.15, 0.2) is 0 Å². The SMILES string of the molecule is CCCC1CC(N2CCC(OCC(=O)O)CC2)CCO1. The van der Waals surface area contributed by atoms with Crippen LogP contribution in [0.25, 0.3) is 0 Å². The summed E-state index contributed by atoms with van der Waals surface area (Å²) in [5.74, 6) is -0.876. The molecule has 0 spiro atoms. The summed E-state index contributed by atoms with van der Waals surface area (Å²) < 4.78 is 11.2. The Bertz CT molecular complexity index is 300. The van der Waals surface area contributed by atoms with Crippen molar-refractivity contribution in [3.8, 4) is 0 Å². The number of nitrogens with zero attached hydrogens (tertiary/aromatic N) is 1. The Labute approximate surface area is 121 Å². The molecule has 2 heterocycles. The average Bonchev–Trinajstić information content (AvgIpc) is 2.46. The van der Waals surface area contributed by atoms with Crippen molar-refractivity contribution >= 4 is 5.97 Å². The molecule has 0 aromatic rings. The fourth-order valence-corrected chi connectivity index (χ4v) is 3.31. The number of carboxylic acid groups (broad SMARTS) is 1. The molecule has 116 valence electrons. The highest BCUT2D eigenvalue weighted by Gasteiger charge is 2.30. The quantitative estimate of drug-likeness (QED) is 0.807. The Morgan fingerprint density at radius 1 is 1.35 bits per heavy atom. The van der Waals surface area contributed by atoms with Crippen LogP contribution in [-0.2, 0) is 14.3 Å². The number of piperidine rings is 1. The van der Waals surface area contributed by atoms with Crippen molar-refractivity contribution in [2.45, 2.75) is 63.7 Å². The van der Waals surface area contributed by atoms with E-state index in [2.05, 4.69) is 11.8 Å². The minimum Gasteiger partial charge on any atom is -0.480 e. The maximum Gasteiger partial charge on any atom is 0.329 e. The van der Waals surface area contributed by atoms with E-state index in [0.29, 0.717) is 12.1 Å². The van der Waals surface area contributed by atoms with Crippen molar-refractivity contribution in [1.29, 1.82) is 0 Å². The molecule has 1 N–H and O–H groups in total. The average molecular weight is 285 g/mol. The lowest BCUT2D eigenvalue weighted by atomic mass is 9.96. The highest BCUT2D eigenvalue weighted by Crippen LogP contribution is 2.25. The molecule has 0 amide bonds. The van der Waals surface area contributed by atoms with Crippen molar-refractivity contribution in [2.24, 2.45) is 0 Å². The third-order valence-electron chi connectivity index (χ3n) is 4.39. The van der Waals surface area contributed by atoms with Gasteiger partial charge in [-0.15, -0.1) is 0 Å². The van der Waals surface area contributed by atoms with E-state index in [9.17, 15) is 4.79 Å². The van der Waals surface area contributed by atoms with E-state index in [1.54, 1.807) is 0 Å². The lowest BCUT2D eigenvalue weighted by Gasteiger charge is -2.41. The monoisotopic (exact) mass is 285 g/mol. The zero-order chi connectivity index (χ0) is 14.4. The van der Waals surface area contributed by atoms with Gasteiger partial charge in [-0.3, -0.25) is 0 Å². The normalized spacial score (nSPS) is 29.4. The molecule has 20 heavy (non-hydrogen) atoms. The van der Waals surface area contributed by atoms with Crippen molar-refractivity contribution in [1.82, 2.24) is 4.90 Å². The molecule has 0 aliphatic carbocycles. The van der Waals surface area contributed by atoms with Crippen molar-refractivity contribution < 1.29 is 19.4 Å². The summed E-state index contributed by atoms with van der Waals surface area (Å²) >= 11 is 0. The predicted octanol–water partition coefficient (Wildman–Crippen LogP) is 1.90. The van der Waals surface area contributed by atoms with Crippen LogP contribution in [0, 0.1) is 0 Å². The van der Waals surface area contributed by atoms with Crippen LogP contribution >= 0.6 is 0 Å². The fourth-order valence-electron chi connectivity index (χ4n) is 3.31. The lowest BCUT2D eigenvalue weighted by molar-refractivity contribution is -0.145. The molecule has 0 radical (unpaired) electrons. The van der Waals surface area contributed by atoms with Crippen LogP contribution in [0.1, 0.15) is 45.4 Å². The fraction of sp³-hybridized carbons (Fsp3) is 0.933. The summed E-state index contributed by atoms with van der Waals surface area (Å²) in [5.41, 5.74) is 0. The third kappa shape index (κ3) is 4.72. The molecular weight excluding hydrogens is 258 g/mol. The van der Waals surface area contributed by atoms with Gasteiger partial charge in [0.25, 0.3) is 0 Å². The van der Waals surface area contributed by atoms with Gasteiger partial charge in [0.15, 0.2) is 0 Å². The van der Waals surface area contributed by atoms with Crippen LogP contribution in [0.5, 0.6) is 0 Å². The first kappa shape index (κ1) is 15.7. The molecule has 0 aromatic heterocycles. The van der Waals surface area contributed by atoms with Crippen LogP contribution in [-0.4, -0.2) is 60.5 Å². The Morgan fingerprint density at radius 2 is 2.10 bits per heavy atom. The summed E-state index contributed by atoms with van der Waals surface area (Å²) in [4.78, 5) is 13.0. The van der Waals surface area contributed by atoms with Gasteiger partial charge < -0.3 is 19.5 Å². The van der Waals surface area contributed by atoms with Gasteiger partial charge in [0.05, 0.1) is 12.2 Å². The zero-order valence-corrected chi connectivity index (χ0v) is 12.4. The van der Waals surface area contributed by atoms with Crippen LogP contribution in [0.2, 0.25) is 0 Å². The highest BCUT2D eigenvalue weighted by molar-refractivity contribution is 5.68. The minimum absolute atomic E-state index is 0.119. The number of rotatable bonds is 6. The lowest BCUT2D eigenvalue weighted by Crippen LogP contribution is -2.47. The molecule has 2 atom stereocenters. The van der Waals surface area contributed by atoms with Gasteiger partial charge in [-0.2, -0.15) is 0 Å². The Morgan fingerprint density at radius 3 is 2.75 bits per heavy atom. The third-order valence-corrected chi connectivity index (χ3v) is 4.39. The molecule has 2 aliphatic heterocycles. The van der Waals surface area contributed by atoms with E-state index < -0.39 is 5.97 Å². The zero-order valence-electron chi connectivity index (χ0n) is 12.4. The standard InChI is InChI=1S/C15H27NO4/c1-2-3-14-10-12(6-9-19-14)16-7-4-13(5-8-16)20-11-15(17)18/h12-14H,2-11H2,1H3,(H,17,18). The van der Waals surface area contributed by atoms with Gasteiger partial charge in [0.2, 0.25) is 0 Å². The molecule has 2 fully saturated rings. The molecular formula is C15H27NO4. The van der Waals surface area contributed by atoms with Crippen molar-refractivity contribution in [2.75, 3.05) is 26.3 Å². The first-order valence-electron chi connectivity index (χ1n) is 7.88. The smallest absolute Gasteiger partial charge is 0.329 e. The second kappa shape index (κ2) is 7.96. The second-order valence-electron chi connectivity index (χ2n) is 5.90. The summed E-state index contributed by atoms with van der Waals surface area (Å²) in [7, 11) is 0. The number of hydrogen-bond acceptors (Lipinski definition) is 4. The van der Waals surface area contributed by atoms with Crippen molar-refractivity contribution in [3.63, 3.8) is 0 Å². The maximum absolute atomic E-state index is 10.5. The number of hydrogen-bond donors (Lipinski definition) is 1. The van der Waals surface area contributed by atoms with E-state index in [-0.39, 0.29) is 12.7 Å².